The lowest BCUT2D eigenvalue weighted by atomic mass is 10.2. The number of amides is 1. The SMILES string of the molecule is CNCCNC(=O)C(C)OCc1cccc(OC)c1. The molecule has 0 saturated heterocycles. The van der Waals surface area contributed by atoms with Crippen LogP contribution in [0.2, 0.25) is 0 Å². The summed E-state index contributed by atoms with van der Waals surface area (Å²) in [7, 11) is 3.46. The van der Waals surface area contributed by atoms with Gasteiger partial charge in [-0.25, -0.2) is 0 Å². The molecule has 0 saturated carbocycles. The van der Waals surface area contributed by atoms with E-state index in [1.54, 1.807) is 14.0 Å². The maximum atomic E-state index is 11.7. The molecule has 0 heterocycles. The third kappa shape index (κ3) is 5.72. The van der Waals surface area contributed by atoms with Crippen molar-refractivity contribution < 1.29 is 14.3 Å². The zero-order chi connectivity index (χ0) is 14.1. The van der Waals surface area contributed by atoms with E-state index in [4.69, 9.17) is 9.47 Å². The number of methoxy groups -OCH3 is 1. The molecule has 0 radical (unpaired) electrons. The smallest absolute Gasteiger partial charge is 0.248 e. The van der Waals surface area contributed by atoms with Crippen LogP contribution in [0.3, 0.4) is 0 Å². The van der Waals surface area contributed by atoms with Crippen LogP contribution in [0, 0.1) is 0 Å². The maximum Gasteiger partial charge on any atom is 0.248 e. The highest BCUT2D eigenvalue weighted by Crippen LogP contribution is 2.13. The van der Waals surface area contributed by atoms with E-state index in [0.29, 0.717) is 13.2 Å². The van der Waals surface area contributed by atoms with Crippen molar-refractivity contribution in [3.63, 3.8) is 0 Å². The van der Waals surface area contributed by atoms with E-state index in [0.717, 1.165) is 17.9 Å². The molecule has 2 N–H and O–H groups in total. The van der Waals surface area contributed by atoms with Gasteiger partial charge < -0.3 is 20.1 Å². The Kier molecular flexibility index (Phi) is 6.92. The molecule has 1 unspecified atom stereocenters. The number of carbonyl (C=O) groups is 1. The molecule has 1 amide bonds. The predicted molar refractivity (Wildman–Crippen MR) is 74.2 cm³/mol. The zero-order valence-electron chi connectivity index (χ0n) is 11.7. The van der Waals surface area contributed by atoms with Crippen molar-refractivity contribution in [2.24, 2.45) is 0 Å². The van der Waals surface area contributed by atoms with Gasteiger partial charge in [-0.05, 0) is 31.7 Å². The highest BCUT2D eigenvalue weighted by Gasteiger charge is 2.12. The lowest BCUT2D eigenvalue weighted by Crippen LogP contribution is -2.37. The van der Waals surface area contributed by atoms with Gasteiger partial charge in [0.05, 0.1) is 13.7 Å². The summed E-state index contributed by atoms with van der Waals surface area (Å²) >= 11 is 0. The summed E-state index contributed by atoms with van der Waals surface area (Å²) in [5.74, 6) is 0.686. The van der Waals surface area contributed by atoms with Gasteiger partial charge >= 0.3 is 0 Å². The highest BCUT2D eigenvalue weighted by molar-refractivity contribution is 5.80. The fraction of sp³-hybridized carbons (Fsp3) is 0.500. The first-order valence-corrected chi connectivity index (χ1v) is 6.34. The fourth-order valence-electron chi connectivity index (χ4n) is 1.51. The second kappa shape index (κ2) is 8.50. The van der Waals surface area contributed by atoms with Crippen LogP contribution in [-0.4, -0.2) is 39.3 Å². The predicted octanol–water partition coefficient (Wildman–Crippen LogP) is 0.936. The molecule has 5 heteroatoms. The average Bonchev–Trinajstić information content (AvgIpc) is 2.45. The largest absolute Gasteiger partial charge is 0.497 e. The molecule has 1 rings (SSSR count). The van der Waals surface area contributed by atoms with Crippen molar-refractivity contribution >= 4 is 5.91 Å². The van der Waals surface area contributed by atoms with E-state index in [-0.39, 0.29) is 5.91 Å². The van der Waals surface area contributed by atoms with E-state index in [2.05, 4.69) is 10.6 Å². The van der Waals surface area contributed by atoms with Gasteiger partial charge in [0.2, 0.25) is 5.91 Å². The molecule has 0 fully saturated rings. The molecule has 0 aromatic heterocycles. The van der Waals surface area contributed by atoms with Crippen molar-refractivity contribution in [2.75, 3.05) is 27.2 Å². The van der Waals surface area contributed by atoms with Crippen LogP contribution < -0.4 is 15.4 Å². The van der Waals surface area contributed by atoms with Gasteiger partial charge in [0.15, 0.2) is 0 Å². The Bertz CT molecular complexity index is 396. The molecule has 1 atom stereocenters. The summed E-state index contributed by atoms with van der Waals surface area (Å²) in [4.78, 5) is 11.7. The first kappa shape index (κ1) is 15.5. The topological polar surface area (TPSA) is 59.6 Å². The Morgan fingerprint density at radius 1 is 1.37 bits per heavy atom. The summed E-state index contributed by atoms with van der Waals surface area (Å²) < 4.78 is 10.7. The first-order chi connectivity index (χ1) is 9.17. The van der Waals surface area contributed by atoms with Gasteiger partial charge in [-0.15, -0.1) is 0 Å². The normalized spacial score (nSPS) is 11.9. The quantitative estimate of drug-likeness (QED) is 0.687. The Morgan fingerprint density at radius 3 is 2.84 bits per heavy atom. The first-order valence-electron chi connectivity index (χ1n) is 6.34. The number of ether oxygens (including phenoxy) is 2. The molecular formula is C14H22N2O3. The van der Waals surface area contributed by atoms with Gasteiger partial charge in [0.1, 0.15) is 11.9 Å². The molecule has 5 nitrogen and oxygen atoms in total. The maximum absolute atomic E-state index is 11.7. The molecule has 0 spiro atoms. The molecule has 0 aliphatic heterocycles. The zero-order valence-corrected chi connectivity index (χ0v) is 11.7. The van der Waals surface area contributed by atoms with Crippen LogP contribution in [0.25, 0.3) is 0 Å². The summed E-state index contributed by atoms with van der Waals surface area (Å²) in [5, 5.41) is 5.75. The van der Waals surface area contributed by atoms with Crippen LogP contribution in [0.1, 0.15) is 12.5 Å². The van der Waals surface area contributed by atoms with E-state index in [1.807, 2.05) is 31.3 Å². The van der Waals surface area contributed by atoms with E-state index < -0.39 is 6.10 Å². The minimum absolute atomic E-state index is 0.0989. The van der Waals surface area contributed by atoms with Crippen molar-refractivity contribution in [3.05, 3.63) is 29.8 Å². The summed E-state index contributed by atoms with van der Waals surface area (Å²) in [6.07, 6.45) is -0.469. The molecule has 1 aromatic rings. The summed E-state index contributed by atoms with van der Waals surface area (Å²) in [6.45, 7) is 3.48. The monoisotopic (exact) mass is 266 g/mol. The number of hydrogen-bond acceptors (Lipinski definition) is 4. The summed E-state index contributed by atoms with van der Waals surface area (Å²) in [6, 6.07) is 7.60. The third-order valence-corrected chi connectivity index (χ3v) is 2.68. The van der Waals surface area contributed by atoms with Gasteiger partial charge in [-0.1, -0.05) is 12.1 Å². The Balaban J connectivity index is 2.36. The molecule has 0 bridgehead atoms. The van der Waals surface area contributed by atoms with Crippen molar-refractivity contribution in [2.45, 2.75) is 19.6 Å². The second-order valence-electron chi connectivity index (χ2n) is 4.20. The van der Waals surface area contributed by atoms with Crippen LogP contribution in [0.15, 0.2) is 24.3 Å². The van der Waals surface area contributed by atoms with E-state index >= 15 is 0 Å². The van der Waals surface area contributed by atoms with Crippen LogP contribution >= 0.6 is 0 Å². The van der Waals surface area contributed by atoms with Gasteiger partial charge in [0, 0.05) is 13.1 Å². The molecule has 106 valence electrons. The van der Waals surface area contributed by atoms with Crippen molar-refractivity contribution in [3.8, 4) is 5.75 Å². The average molecular weight is 266 g/mol. The van der Waals surface area contributed by atoms with Gasteiger partial charge in [0.25, 0.3) is 0 Å². The Labute approximate surface area is 114 Å². The minimum Gasteiger partial charge on any atom is -0.497 e. The molecule has 0 aliphatic carbocycles. The number of rotatable bonds is 8. The van der Waals surface area contributed by atoms with E-state index in [9.17, 15) is 4.79 Å². The second-order valence-corrected chi connectivity index (χ2v) is 4.20. The molecule has 1 aromatic carbocycles. The standard InChI is InChI=1S/C14H22N2O3/c1-11(14(17)16-8-7-15-2)19-10-12-5-4-6-13(9-12)18-3/h4-6,9,11,15H,7-8,10H2,1-3H3,(H,16,17). The van der Waals surface area contributed by atoms with Crippen LogP contribution in [-0.2, 0) is 16.1 Å². The van der Waals surface area contributed by atoms with E-state index in [1.165, 1.54) is 0 Å². The third-order valence-electron chi connectivity index (χ3n) is 2.68. The number of nitrogens with one attached hydrogen (secondary N) is 2. The lowest BCUT2D eigenvalue weighted by Gasteiger charge is -2.13. The number of carbonyl (C=O) groups excluding carboxylic acids is 1. The van der Waals surface area contributed by atoms with Crippen LogP contribution in [0.5, 0.6) is 5.75 Å². The molecular weight excluding hydrogens is 244 g/mol. The number of hydrogen-bond donors (Lipinski definition) is 2. The van der Waals surface area contributed by atoms with Crippen molar-refractivity contribution in [1.29, 1.82) is 0 Å². The van der Waals surface area contributed by atoms with Crippen LogP contribution in [0.4, 0.5) is 0 Å². The van der Waals surface area contributed by atoms with Gasteiger partial charge in [-0.2, -0.15) is 0 Å². The Morgan fingerprint density at radius 2 is 2.16 bits per heavy atom. The number of likely N-dealkylation sites (N-methyl/N-ethyl adjacent to an activating group) is 1. The van der Waals surface area contributed by atoms with Crippen molar-refractivity contribution in [1.82, 2.24) is 10.6 Å². The summed E-state index contributed by atoms with van der Waals surface area (Å²) in [5.41, 5.74) is 0.981. The minimum atomic E-state index is -0.469. The Hall–Kier alpha value is -1.59. The molecule has 0 aliphatic rings. The highest BCUT2D eigenvalue weighted by atomic mass is 16.5. The number of benzene rings is 1. The lowest BCUT2D eigenvalue weighted by molar-refractivity contribution is -0.132. The van der Waals surface area contributed by atoms with Gasteiger partial charge in [-0.3, -0.25) is 4.79 Å². The fourth-order valence-corrected chi connectivity index (χ4v) is 1.51. The molecule has 19 heavy (non-hydrogen) atoms.